The van der Waals surface area contributed by atoms with Crippen molar-refractivity contribution in [3.8, 4) is 6.07 Å². The van der Waals surface area contributed by atoms with Gasteiger partial charge in [0.2, 0.25) is 12.2 Å². The molecule has 0 saturated carbocycles. The van der Waals surface area contributed by atoms with Crippen LogP contribution in [0.15, 0.2) is 30.3 Å². The van der Waals surface area contributed by atoms with Crippen molar-refractivity contribution in [2.24, 2.45) is 0 Å². The molecular weight excluding hydrogens is 431 g/mol. The number of nitrogens with one attached hydrogen (secondary N) is 1. The molecule has 0 atom stereocenters. The van der Waals surface area contributed by atoms with Crippen LogP contribution in [0, 0.1) is 11.3 Å². The van der Waals surface area contributed by atoms with Gasteiger partial charge in [-0.15, -0.1) is 0 Å². The molecule has 1 amide bonds. The molecule has 0 bridgehead atoms. The molecule has 2 heterocycles. The number of carbonyl (C=O) groups excluding carboxylic acids is 1. The van der Waals surface area contributed by atoms with Gasteiger partial charge in [0.15, 0.2) is 0 Å². The van der Waals surface area contributed by atoms with Gasteiger partial charge in [0.25, 0.3) is 0 Å². The fraction of sp³-hybridized carbons (Fsp3) is 0.429. The van der Waals surface area contributed by atoms with E-state index in [-0.39, 0.29) is 11.0 Å². The van der Waals surface area contributed by atoms with Crippen molar-refractivity contribution in [2.75, 3.05) is 24.5 Å². The van der Waals surface area contributed by atoms with Gasteiger partial charge in [0.1, 0.15) is 11.0 Å². The average molecular weight is 456 g/mol. The standard InChI is InChI=1S/C10H10N2O.C9H9ClF3N3.C2H6/c11-7-10-3-1-9(2-4-10)5-6-12-8-13;10-6-5-7(16-3-1-2-4-16)15-8(14-6)9(11,12)13;1-2/h1-4,8H,5-6H2,(H,12,13);5H,1-4H2;1-2H3. The second-order valence-electron chi connectivity index (χ2n) is 6.20. The monoisotopic (exact) mass is 455 g/mol. The van der Waals surface area contributed by atoms with Crippen LogP contribution in [0.25, 0.3) is 0 Å². The van der Waals surface area contributed by atoms with Gasteiger partial charge in [0.05, 0.1) is 11.6 Å². The van der Waals surface area contributed by atoms with Crippen LogP contribution in [0.3, 0.4) is 0 Å². The first kappa shape index (κ1) is 26.2. The Morgan fingerprint density at radius 2 is 1.81 bits per heavy atom. The molecule has 0 spiro atoms. The number of halogens is 4. The normalized spacial score (nSPS) is 12.6. The van der Waals surface area contributed by atoms with Crippen LogP contribution in [0.4, 0.5) is 19.0 Å². The smallest absolute Gasteiger partial charge is 0.358 e. The summed E-state index contributed by atoms with van der Waals surface area (Å²) in [6.45, 7) is 6.06. The maximum atomic E-state index is 12.4. The quantitative estimate of drug-likeness (QED) is 0.404. The van der Waals surface area contributed by atoms with E-state index in [4.69, 9.17) is 16.9 Å². The fourth-order valence-corrected chi connectivity index (χ4v) is 2.84. The third-order valence-corrected chi connectivity index (χ3v) is 4.28. The maximum absolute atomic E-state index is 12.4. The summed E-state index contributed by atoms with van der Waals surface area (Å²) >= 11 is 5.56. The Hall–Kier alpha value is -2.86. The van der Waals surface area contributed by atoms with Crippen LogP contribution in [-0.4, -0.2) is 36.0 Å². The van der Waals surface area contributed by atoms with Crippen LogP contribution in [0.5, 0.6) is 0 Å². The predicted octanol–water partition coefficient (Wildman–Crippen LogP) is 4.62. The molecule has 1 saturated heterocycles. The summed E-state index contributed by atoms with van der Waals surface area (Å²) in [5.41, 5.74) is 1.78. The van der Waals surface area contributed by atoms with Crippen molar-refractivity contribution in [2.45, 2.75) is 39.3 Å². The highest BCUT2D eigenvalue weighted by atomic mass is 35.5. The molecule has 1 aliphatic heterocycles. The summed E-state index contributed by atoms with van der Waals surface area (Å²) < 4.78 is 37.3. The van der Waals surface area contributed by atoms with Gasteiger partial charge < -0.3 is 10.2 Å². The van der Waals surface area contributed by atoms with E-state index in [2.05, 4.69) is 15.3 Å². The number of rotatable bonds is 5. The zero-order valence-electron chi connectivity index (χ0n) is 17.4. The van der Waals surface area contributed by atoms with Crippen LogP contribution in [0.1, 0.15) is 43.6 Å². The highest BCUT2D eigenvalue weighted by Crippen LogP contribution is 2.29. The van der Waals surface area contributed by atoms with Crippen molar-refractivity contribution in [1.29, 1.82) is 5.26 Å². The average Bonchev–Trinajstić information content (AvgIpc) is 3.30. The molecule has 31 heavy (non-hydrogen) atoms. The Labute approximate surface area is 185 Å². The number of carbonyl (C=O) groups is 1. The number of benzene rings is 1. The summed E-state index contributed by atoms with van der Waals surface area (Å²) in [6.07, 6.45) is -1.15. The van der Waals surface area contributed by atoms with Gasteiger partial charge >= 0.3 is 6.18 Å². The highest BCUT2D eigenvalue weighted by molar-refractivity contribution is 6.29. The summed E-state index contributed by atoms with van der Waals surface area (Å²) in [7, 11) is 0. The molecule has 2 aromatic rings. The van der Waals surface area contributed by atoms with E-state index in [0.29, 0.717) is 31.6 Å². The molecule has 1 fully saturated rings. The molecule has 0 radical (unpaired) electrons. The fourth-order valence-electron chi connectivity index (χ4n) is 2.66. The van der Waals surface area contributed by atoms with Gasteiger partial charge in [0, 0.05) is 25.7 Å². The van der Waals surface area contributed by atoms with Crippen molar-refractivity contribution in [1.82, 2.24) is 15.3 Å². The van der Waals surface area contributed by atoms with E-state index in [1.165, 1.54) is 6.07 Å². The molecule has 6 nitrogen and oxygen atoms in total. The molecule has 10 heteroatoms. The molecule has 168 valence electrons. The Bertz CT molecular complexity index is 848. The lowest BCUT2D eigenvalue weighted by Crippen LogP contribution is -2.21. The van der Waals surface area contributed by atoms with Crippen molar-refractivity contribution >= 4 is 23.8 Å². The highest BCUT2D eigenvalue weighted by Gasteiger charge is 2.35. The molecule has 0 aliphatic carbocycles. The molecule has 1 aromatic heterocycles. The summed E-state index contributed by atoms with van der Waals surface area (Å²) in [6, 6.07) is 10.7. The lowest BCUT2D eigenvalue weighted by molar-refractivity contribution is -0.144. The summed E-state index contributed by atoms with van der Waals surface area (Å²) in [4.78, 5) is 18.4. The first-order chi connectivity index (χ1) is 14.8. The Morgan fingerprint density at radius 3 is 2.32 bits per heavy atom. The van der Waals surface area contributed by atoms with Crippen LogP contribution in [0.2, 0.25) is 5.15 Å². The van der Waals surface area contributed by atoms with E-state index >= 15 is 0 Å². The van der Waals surface area contributed by atoms with E-state index in [1.807, 2.05) is 32.0 Å². The van der Waals surface area contributed by atoms with Gasteiger partial charge in [-0.2, -0.15) is 18.4 Å². The van der Waals surface area contributed by atoms with Gasteiger partial charge in [-0.3, -0.25) is 4.79 Å². The maximum Gasteiger partial charge on any atom is 0.451 e. The Morgan fingerprint density at radius 1 is 1.19 bits per heavy atom. The lowest BCUT2D eigenvalue weighted by atomic mass is 10.1. The van der Waals surface area contributed by atoms with Crippen molar-refractivity contribution in [3.05, 3.63) is 52.4 Å². The number of hydrogen-bond acceptors (Lipinski definition) is 5. The van der Waals surface area contributed by atoms with Crippen LogP contribution >= 0.6 is 11.6 Å². The van der Waals surface area contributed by atoms with Gasteiger partial charge in [-0.25, -0.2) is 9.97 Å². The van der Waals surface area contributed by atoms with Crippen LogP contribution in [-0.2, 0) is 17.4 Å². The first-order valence-corrected chi connectivity index (χ1v) is 10.2. The predicted molar refractivity (Wildman–Crippen MR) is 114 cm³/mol. The van der Waals surface area contributed by atoms with Crippen molar-refractivity contribution in [3.63, 3.8) is 0 Å². The molecular formula is C21H25ClF3N5O. The van der Waals surface area contributed by atoms with Gasteiger partial charge in [-0.05, 0) is 37.0 Å². The molecule has 1 aromatic carbocycles. The SMILES string of the molecule is CC.FC(F)(F)c1nc(Cl)cc(N2CCCC2)n1.N#Cc1ccc(CCNC=O)cc1. The third kappa shape index (κ3) is 9.22. The van der Waals surface area contributed by atoms with E-state index < -0.39 is 12.0 Å². The number of aromatic nitrogens is 2. The van der Waals surface area contributed by atoms with Gasteiger partial charge in [-0.1, -0.05) is 37.6 Å². The number of alkyl halides is 3. The van der Waals surface area contributed by atoms with E-state index in [0.717, 1.165) is 24.8 Å². The largest absolute Gasteiger partial charge is 0.451 e. The minimum Gasteiger partial charge on any atom is -0.358 e. The Kier molecular flexibility index (Phi) is 11.4. The topological polar surface area (TPSA) is 81.9 Å². The minimum atomic E-state index is -4.56. The zero-order chi connectivity index (χ0) is 23.3. The van der Waals surface area contributed by atoms with E-state index in [1.54, 1.807) is 17.0 Å². The number of hydrogen-bond donors (Lipinski definition) is 1. The molecule has 0 unspecified atom stereocenters. The molecule has 3 rings (SSSR count). The van der Waals surface area contributed by atoms with E-state index in [9.17, 15) is 18.0 Å². The number of amides is 1. The van der Waals surface area contributed by atoms with Crippen LogP contribution < -0.4 is 10.2 Å². The summed E-state index contributed by atoms with van der Waals surface area (Å²) in [5.74, 6) is -0.924. The minimum absolute atomic E-state index is 0.177. The second-order valence-corrected chi connectivity index (χ2v) is 6.58. The Balaban J connectivity index is 0.000000293. The first-order valence-electron chi connectivity index (χ1n) is 9.86. The van der Waals surface area contributed by atoms with Crippen molar-refractivity contribution < 1.29 is 18.0 Å². The second kappa shape index (κ2) is 13.4. The third-order valence-electron chi connectivity index (χ3n) is 4.09. The zero-order valence-corrected chi connectivity index (χ0v) is 18.2. The molecule has 1 aliphatic rings. The lowest BCUT2D eigenvalue weighted by Gasteiger charge is -2.17. The number of nitriles is 1. The number of nitrogens with zero attached hydrogens (tertiary/aromatic N) is 4. The number of anilines is 1. The summed E-state index contributed by atoms with van der Waals surface area (Å²) in [5, 5.41) is 10.9. The molecule has 1 N–H and O–H groups in total.